The first-order valence-corrected chi connectivity index (χ1v) is 4.68. The summed E-state index contributed by atoms with van der Waals surface area (Å²) in [7, 11) is 0. The highest BCUT2D eigenvalue weighted by Crippen LogP contribution is 2.04. The Hall–Kier alpha value is -1.38. The summed E-state index contributed by atoms with van der Waals surface area (Å²) >= 11 is 0. The zero-order chi connectivity index (χ0) is 11.0. The quantitative estimate of drug-likeness (QED) is 0.775. The number of halogens is 1. The lowest BCUT2D eigenvalue weighted by molar-refractivity contribution is -0.119. The molecule has 1 aromatic rings. The highest BCUT2D eigenvalue weighted by atomic mass is 19.1. The van der Waals surface area contributed by atoms with E-state index < -0.39 is 0 Å². The van der Waals surface area contributed by atoms with Crippen molar-refractivity contribution in [1.82, 2.24) is 5.32 Å². The molecular formula is C11H16FNO. The summed E-state index contributed by atoms with van der Waals surface area (Å²) < 4.78 is 12.9. The summed E-state index contributed by atoms with van der Waals surface area (Å²) in [4.78, 5) is 10.5. The van der Waals surface area contributed by atoms with E-state index in [2.05, 4.69) is 5.32 Å². The van der Waals surface area contributed by atoms with Crippen molar-refractivity contribution in [2.24, 2.45) is 0 Å². The predicted molar refractivity (Wildman–Crippen MR) is 55.3 cm³/mol. The molecule has 3 heteroatoms. The van der Waals surface area contributed by atoms with Gasteiger partial charge < -0.3 is 5.32 Å². The van der Waals surface area contributed by atoms with Crippen LogP contribution < -0.4 is 5.32 Å². The topological polar surface area (TPSA) is 29.1 Å². The van der Waals surface area contributed by atoms with E-state index in [4.69, 9.17) is 0 Å². The summed E-state index contributed by atoms with van der Waals surface area (Å²) in [5.74, 6) is -0.440. The van der Waals surface area contributed by atoms with Gasteiger partial charge in [-0.25, -0.2) is 4.39 Å². The van der Waals surface area contributed by atoms with Crippen molar-refractivity contribution < 1.29 is 9.18 Å². The lowest BCUT2D eigenvalue weighted by atomic mass is 10.2. The van der Waals surface area contributed by atoms with Crippen LogP contribution >= 0.6 is 0 Å². The van der Waals surface area contributed by atoms with Crippen molar-refractivity contribution in [2.75, 3.05) is 0 Å². The standard InChI is InChI=1S/C9H10FNO.C2H6/c1-7(12)11-6-8-4-2-3-5-9(8)10;1-2/h2-5H,6H2,1H3,(H,11,12);1-2H3. The van der Waals surface area contributed by atoms with E-state index in [9.17, 15) is 9.18 Å². The minimum atomic E-state index is -0.286. The van der Waals surface area contributed by atoms with Crippen LogP contribution in [0.25, 0.3) is 0 Å². The van der Waals surface area contributed by atoms with Crippen LogP contribution in [0, 0.1) is 5.82 Å². The molecular weight excluding hydrogens is 181 g/mol. The zero-order valence-corrected chi connectivity index (χ0v) is 8.80. The summed E-state index contributed by atoms with van der Waals surface area (Å²) in [6.07, 6.45) is 0. The molecule has 0 saturated heterocycles. The monoisotopic (exact) mass is 197 g/mol. The molecule has 0 aliphatic rings. The van der Waals surface area contributed by atoms with Gasteiger partial charge in [-0.15, -0.1) is 0 Å². The lowest BCUT2D eigenvalue weighted by Gasteiger charge is -2.02. The minimum Gasteiger partial charge on any atom is -0.352 e. The molecule has 0 spiro atoms. The predicted octanol–water partition coefficient (Wildman–Crippen LogP) is 2.49. The van der Waals surface area contributed by atoms with E-state index in [1.807, 2.05) is 13.8 Å². The van der Waals surface area contributed by atoms with Gasteiger partial charge in [0, 0.05) is 19.0 Å². The number of hydrogen-bond acceptors (Lipinski definition) is 1. The molecule has 1 amide bonds. The van der Waals surface area contributed by atoms with E-state index in [1.165, 1.54) is 13.0 Å². The van der Waals surface area contributed by atoms with Crippen LogP contribution in [0.4, 0.5) is 4.39 Å². The van der Waals surface area contributed by atoms with E-state index in [1.54, 1.807) is 18.2 Å². The van der Waals surface area contributed by atoms with Gasteiger partial charge in [0.1, 0.15) is 5.82 Å². The Kier molecular flexibility index (Phi) is 6.37. The first-order valence-electron chi connectivity index (χ1n) is 4.68. The van der Waals surface area contributed by atoms with Gasteiger partial charge >= 0.3 is 0 Å². The molecule has 1 rings (SSSR count). The zero-order valence-electron chi connectivity index (χ0n) is 8.80. The van der Waals surface area contributed by atoms with Crippen molar-refractivity contribution in [3.8, 4) is 0 Å². The second-order valence-corrected chi connectivity index (χ2v) is 2.50. The highest BCUT2D eigenvalue weighted by molar-refractivity contribution is 5.72. The fraction of sp³-hybridized carbons (Fsp3) is 0.364. The Balaban J connectivity index is 0.000000791. The molecule has 0 bridgehead atoms. The molecule has 78 valence electrons. The molecule has 0 aliphatic carbocycles. The molecule has 14 heavy (non-hydrogen) atoms. The van der Waals surface area contributed by atoms with Crippen molar-refractivity contribution in [3.05, 3.63) is 35.6 Å². The third kappa shape index (κ3) is 4.60. The van der Waals surface area contributed by atoms with Gasteiger partial charge in [0.25, 0.3) is 0 Å². The molecule has 2 nitrogen and oxygen atoms in total. The van der Waals surface area contributed by atoms with Gasteiger partial charge in [0.15, 0.2) is 0 Å². The van der Waals surface area contributed by atoms with Gasteiger partial charge in [0.2, 0.25) is 5.91 Å². The van der Waals surface area contributed by atoms with Crippen LogP contribution in [0.3, 0.4) is 0 Å². The maximum absolute atomic E-state index is 12.9. The maximum atomic E-state index is 12.9. The summed E-state index contributed by atoms with van der Waals surface area (Å²) in [5.41, 5.74) is 0.507. The average Bonchev–Trinajstić information content (AvgIpc) is 2.19. The van der Waals surface area contributed by atoms with Crippen molar-refractivity contribution in [3.63, 3.8) is 0 Å². The van der Waals surface area contributed by atoms with E-state index in [0.717, 1.165) is 0 Å². The van der Waals surface area contributed by atoms with E-state index >= 15 is 0 Å². The third-order valence-electron chi connectivity index (χ3n) is 1.49. The van der Waals surface area contributed by atoms with Crippen molar-refractivity contribution >= 4 is 5.91 Å². The van der Waals surface area contributed by atoms with Crippen molar-refractivity contribution in [2.45, 2.75) is 27.3 Å². The number of nitrogens with one attached hydrogen (secondary N) is 1. The molecule has 1 aromatic carbocycles. The number of carbonyl (C=O) groups excluding carboxylic acids is 1. The lowest BCUT2D eigenvalue weighted by Crippen LogP contribution is -2.19. The average molecular weight is 197 g/mol. The Morgan fingerprint density at radius 3 is 2.43 bits per heavy atom. The van der Waals surface area contributed by atoms with Gasteiger partial charge in [-0.05, 0) is 6.07 Å². The number of benzene rings is 1. The first-order chi connectivity index (χ1) is 6.70. The van der Waals surface area contributed by atoms with Crippen LogP contribution in [-0.2, 0) is 11.3 Å². The summed E-state index contributed by atoms with van der Waals surface area (Å²) in [6.45, 7) is 5.66. The second-order valence-electron chi connectivity index (χ2n) is 2.50. The largest absolute Gasteiger partial charge is 0.352 e. The van der Waals surface area contributed by atoms with Gasteiger partial charge in [0.05, 0.1) is 0 Å². The Bertz CT molecular complexity index is 286. The van der Waals surface area contributed by atoms with Crippen LogP contribution in [0.1, 0.15) is 26.3 Å². The van der Waals surface area contributed by atoms with Crippen LogP contribution in [0.15, 0.2) is 24.3 Å². The molecule has 0 aliphatic heterocycles. The second kappa shape index (κ2) is 7.06. The Morgan fingerprint density at radius 2 is 1.93 bits per heavy atom. The molecule has 0 aromatic heterocycles. The Morgan fingerprint density at radius 1 is 1.36 bits per heavy atom. The highest BCUT2D eigenvalue weighted by Gasteiger charge is 1.99. The van der Waals surface area contributed by atoms with Crippen LogP contribution in [0.2, 0.25) is 0 Å². The summed E-state index contributed by atoms with van der Waals surface area (Å²) in [5, 5.41) is 2.52. The fourth-order valence-electron chi connectivity index (χ4n) is 0.861. The van der Waals surface area contributed by atoms with Crippen LogP contribution in [0.5, 0.6) is 0 Å². The summed E-state index contributed by atoms with van der Waals surface area (Å²) in [6, 6.07) is 6.37. The molecule has 0 fully saturated rings. The van der Waals surface area contributed by atoms with Crippen molar-refractivity contribution in [1.29, 1.82) is 0 Å². The molecule has 0 radical (unpaired) electrons. The molecule has 1 N–H and O–H groups in total. The smallest absolute Gasteiger partial charge is 0.217 e. The third-order valence-corrected chi connectivity index (χ3v) is 1.49. The molecule has 0 saturated carbocycles. The minimum absolute atomic E-state index is 0.154. The first kappa shape index (κ1) is 12.6. The molecule has 0 heterocycles. The SMILES string of the molecule is CC.CC(=O)NCc1ccccc1F. The number of amides is 1. The number of rotatable bonds is 2. The molecule has 0 unspecified atom stereocenters. The van der Waals surface area contributed by atoms with Gasteiger partial charge in [-0.2, -0.15) is 0 Å². The number of carbonyl (C=O) groups is 1. The maximum Gasteiger partial charge on any atom is 0.217 e. The van der Waals surface area contributed by atoms with Gasteiger partial charge in [-0.1, -0.05) is 32.0 Å². The van der Waals surface area contributed by atoms with E-state index in [-0.39, 0.29) is 18.3 Å². The number of hydrogen-bond donors (Lipinski definition) is 1. The van der Waals surface area contributed by atoms with Gasteiger partial charge in [-0.3, -0.25) is 4.79 Å². The van der Waals surface area contributed by atoms with Crippen LogP contribution in [-0.4, -0.2) is 5.91 Å². The molecule has 0 atom stereocenters. The Labute approximate surface area is 84.1 Å². The fourth-order valence-corrected chi connectivity index (χ4v) is 0.861. The normalized spacial score (nSPS) is 8.57. The van der Waals surface area contributed by atoms with E-state index in [0.29, 0.717) is 5.56 Å².